The molecule has 4 atom stereocenters. The van der Waals surface area contributed by atoms with Gasteiger partial charge in [0.25, 0.3) is 0 Å². The Morgan fingerprint density at radius 2 is 2.00 bits per heavy atom. The van der Waals surface area contributed by atoms with Crippen molar-refractivity contribution in [3.63, 3.8) is 0 Å². The molecule has 1 aliphatic carbocycles. The third-order valence-corrected chi connectivity index (χ3v) is 4.82. The molecule has 1 N–H and O–H groups in total. The van der Waals surface area contributed by atoms with E-state index in [-0.39, 0.29) is 23.9 Å². The minimum atomic E-state index is -0.312. The average molecular weight is 280 g/mol. The number of carbonyl (C=O) groups is 2. The first kappa shape index (κ1) is 15.3. The molecule has 4 unspecified atom stereocenters. The number of amides is 2. The van der Waals surface area contributed by atoms with Gasteiger partial charge in [-0.25, -0.2) is 0 Å². The van der Waals surface area contributed by atoms with Crippen molar-refractivity contribution < 1.29 is 9.59 Å². The van der Waals surface area contributed by atoms with Crippen molar-refractivity contribution in [2.75, 3.05) is 6.54 Å². The molecule has 2 amide bonds. The summed E-state index contributed by atoms with van der Waals surface area (Å²) in [6.45, 7) is 6.95. The van der Waals surface area contributed by atoms with Crippen molar-refractivity contribution in [1.82, 2.24) is 10.2 Å². The van der Waals surface area contributed by atoms with Crippen LogP contribution in [0.25, 0.3) is 0 Å². The molecule has 1 saturated heterocycles. The van der Waals surface area contributed by atoms with Crippen LogP contribution in [0.15, 0.2) is 0 Å². The Balaban J connectivity index is 2.02. The van der Waals surface area contributed by atoms with Gasteiger partial charge in [-0.2, -0.15) is 0 Å². The smallest absolute Gasteiger partial charge is 0.245 e. The fourth-order valence-corrected chi connectivity index (χ4v) is 3.62. The summed E-state index contributed by atoms with van der Waals surface area (Å²) in [6, 6.07) is -0.613. The molecule has 0 aromatic rings. The Bertz CT molecular complexity index is 369. The van der Waals surface area contributed by atoms with E-state index in [1.54, 1.807) is 0 Å². The minimum absolute atomic E-state index is 0.00640. The monoisotopic (exact) mass is 280 g/mol. The molecule has 2 fully saturated rings. The molecule has 0 radical (unpaired) electrons. The Morgan fingerprint density at radius 3 is 2.65 bits per heavy atom. The molecule has 2 aliphatic rings. The molecule has 0 bridgehead atoms. The summed E-state index contributed by atoms with van der Waals surface area (Å²) in [6.07, 6.45) is 6.61. The molecule has 4 heteroatoms. The van der Waals surface area contributed by atoms with Gasteiger partial charge in [0.2, 0.25) is 11.8 Å². The van der Waals surface area contributed by atoms with Gasteiger partial charge in [0, 0.05) is 6.54 Å². The minimum Gasteiger partial charge on any atom is -0.343 e. The predicted octanol–water partition coefficient (Wildman–Crippen LogP) is 2.33. The summed E-state index contributed by atoms with van der Waals surface area (Å²) < 4.78 is 0. The van der Waals surface area contributed by atoms with Gasteiger partial charge in [0.05, 0.1) is 0 Å². The third kappa shape index (κ3) is 3.33. The van der Waals surface area contributed by atoms with E-state index >= 15 is 0 Å². The van der Waals surface area contributed by atoms with E-state index in [0.717, 1.165) is 25.3 Å². The summed E-state index contributed by atoms with van der Waals surface area (Å²) in [7, 11) is 0. The van der Waals surface area contributed by atoms with Gasteiger partial charge in [-0.15, -0.1) is 0 Å². The van der Waals surface area contributed by atoms with Crippen LogP contribution in [0.1, 0.15) is 59.3 Å². The van der Waals surface area contributed by atoms with Crippen molar-refractivity contribution in [3.05, 3.63) is 0 Å². The highest BCUT2D eigenvalue weighted by Crippen LogP contribution is 2.30. The number of nitrogens with one attached hydrogen (secondary N) is 1. The molecular formula is C16H28N2O2. The van der Waals surface area contributed by atoms with Crippen molar-refractivity contribution >= 4 is 11.8 Å². The standard InChI is InChI=1S/C16H28N2O2/c1-4-6-14-16(20)18(12(3)15(19)17-14)10-13-8-5-7-11(2)9-13/h11-14H,4-10H2,1-3H3,(H,17,19). The van der Waals surface area contributed by atoms with Crippen LogP contribution >= 0.6 is 0 Å². The highest BCUT2D eigenvalue weighted by molar-refractivity contribution is 5.96. The number of hydrogen-bond donors (Lipinski definition) is 1. The predicted molar refractivity (Wildman–Crippen MR) is 79.1 cm³/mol. The lowest BCUT2D eigenvalue weighted by Crippen LogP contribution is -2.63. The van der Waals surface area contributed by atoms with E-state index in [9.17, 15) is 9.59 Å². The van der Waals surface area contributed by atoms with Gasteiger partial charge in [-0.1, -0.05) is 33.1 Å². The van der Waals surface area contributed by atoms with E-state index in [0.29, 0.717) is 5.92 Å². The quantitative estimate of drug-likeness (QED) is 0.859. The van der Waals surface area contributed by atoms with Gasteiger partial charge in [-0.3, -0.25) is 9.59 Å². The summed E-state index contributed by atoms with van der Waals surface area (Å²) in [5, 5.41) is 2.86. The van der Waals surface area contributed by atoms with Crippen molar-refractivity contribution in [2.24, 2.45) is 11.8 Å². The summed E-state index contributed by atoms with van der Waals surface area (Å²) >= 11 is 0. The first-order valence-corrected chi connectivity index (χ1v) is 8.13. The van der Waals surface area contributed by atoms with Crippen LogP contribution in [0.3, 0.4) is 0 Å². The maximum Gasteiger partial charge on any atom is 0.245 e. The van der Waals surface area contributed by atoms with Crippen molar-refractivity contribution in [1.29, 1.82) is 0 Å². The molecule has 1 aliphatic heterocycles. The fraction of sp³-hybridized carbons (Fsp3) is 0.875. The van der Waals surface area contributed by atoms with E-state index in [1.165, 1.54) is 25.7 Å². The number of rotatable bonds is 4. The molecule has 0 aromatic heterocycles. The average Bonchev–Trinajstić information content (AvgIpc) is 2.41. The summed E-state index contributed by atoms with van der Waals surface area (Å²) in [5.41, 5.74) is 0. The van der Waals surface area contributed by atoms with E-state index in [4.69, 9.17) is 0 Å². The third-order valence-electron chi connectivity index (χ3n) is 4.82. The SMILES string of the molecule is CCCC1NC(=O)C(C)N(CC2CCCC(C)C2)C1=O. The van der Waals surface area contributed by atoms with Gasteiger partial charge < -0.3 is 10.2 Å². The van der Waals surface area contributed by atoms with Crippen LogP contribution in [0.5, 0.6) is 0 Å². The summed E-state index contributed by atoms with van der Waals surface area (Å²) in [4.78, 5) is 26.4. The summed E-state index contributed by atoms with van der Waals surface area (Å²) in [5.74, 6) is 1.45. The van der Waals surface area contributed by atoms with E-state index < -0.39 is 0 Å². The number of nitrogens with zero attached hydrogens (tertiary/aromatic N) is 1. The molecule has 114 valence electrons. The Hall–Kier alpha value is -1.06. The van der Waals surface area contributed by atoms with Crippen molar-refractivity contribution in [3.8, 4) is 0 Å². The van der Waals surface area contributed by atoms with E-state index in [1.807, 2.05) is 18.7 Å². The zero-order chi connectivity index (χ0) is 14.7. The van der Waals surface area contributed by atoms with Crippen LogP contribution in [-0.4, -0.2) is 35.3 Å². The zero-order valence-corrected chi connectivity index (χ0v) is 13.0. The second-order valence-corrected chi connectivity index (χ2v) is 6.65. The maximum atomic E-state index is 12.5. The Labute approximate surface area is 122 Å². The molecule has 4 nitrogen and oxygen atoms in total. The molecule has 0 aromatic carbocycles. The van der Waals surface area contributed by atoms with Gasteiger partial charge in [0.1, 0.15) is 12.1 Å². The van der Waals surface area contributed by atoms with Crippen LogP contribution in [0, 0.1) is 11.8 Å². The molecular weight excluding hydrogens is 252 g/mol. The van der Waals surface area contributed by atoms with Crippen molar-refractivity contribution in [2.45, 2.75) is 71.4 Å². The van der Waals surface area contributed by atoms with Gasteiger partial charge in [0.15, 0.2) is 0 Å². The second-order valence-electron chi connectivity index (χ2n) is 6.65. The lowest BCUT2D eigenvalue weighted by Gasteiger charge is -2.40. The first-order chi connectivity index (χ1) is 9.52. The number of carbonyl (C=O) groups excluding carboxylic acids is 2. The lowest BCUT2D eigenvalue weighted by molar-refractivity contribution is -0.149. The second kappa shape index (κ2) is 6.59. The molecule has 0 spiro atoms. The molecule has 1 saturated carbocycles. The molecule has 20 heavy (non-hydrogen) atoms. The fourth-order valence-electron chi connectivity index (χ4n) is 3.62. The number of piperazine rings is 1. The number of hydrogen-bond acceptors (Lipinski definition) is 2. The molecule has 2 rings (SSSR count). The van der Waals surface area contributed by atoms with Crippen LogP contribution in [0.2, 0.25) is 0 Å². The maximum absolute atomic E-state index is 12.5. The van der Waals surface area contributed by atoms with Crippen LogP contribution in [-0.2, 0) is 9.59 Å². The Kier molecular flexibility index (Phi) is 5.06. The first-order valence-electron chi connectivity index (χ1n) is 8.13. The Morgan fingerprint density at radius 1 is 1.25 bits per heavy atom. The highest BCUT2D eigenvalue weighted by atomic mass is 16.2. The lowest BCUT2D eigenvalue weighted by atomic mass is 9.82. The van der Waals surface area contributed by atoms with Crippen LogP contribution in [0.4, 0.5) is 0 Å². The van der Waals surface area contributed by atoms with Crippen LogP contribution < -0.4 is 5.32 Å². The molecule has 1 heterocycles. The zero-order valence-electron chi connectivity index (χ0n) is 13.0. The normalized spacial score (nSPS) is 35.0. The topological polar surface area (TPSA) is 49.4 Å². The largest absolute Gasteiger partial charge is 0.343 e. The van der Waals surface area contributed by atoms with Gasteiger partial charge in [-0.05, 0) is 38.0 Å². The van der Waals surface area contributed by atoms with Gasteiger partial charge >= 0.3 is 0 Å². The highest BCUT2D eigenvalue weighted by Gasteiger charge is 2.38. The van der Waals surface area contributed by atoms with E-state index in [2.05, 4.69) is 12.2 Å².